The number of hydrogen-bond donors (Lipinski definition) is 0. The first kappa shape index (κ1) is 23.7. The summed E-state index contributed by atoms with van der Waals surface area (Å²) in [7, 11) is 0. The molecule has 6 rings (SSSR count). The Hall–Kier alpha value is -4.68. The molecule has 6 aromatic rings. The molecule has 0 aliphatic rings. The van der Waals surface area contributed by atoms with Gasteiger partial charge in [-0.3, -0.25) is 0 Å². The Morgan fingerprint density at radius 2 is 0.632 bits per heavy atom. The smallest absolute Gasteiger partial charge is 0.00992 e. The van der Waals surface area contributed by atoms with E-state index in [1.165, 1.54) is 66.8 Å². The molecule has 0 spiro atoms. The summed E-state index contributed by atoms with van der Waals surface area (Å²) in [6.07, 6.45) is 0. The first-order chi connectivity index (χ1) is 18.7. The van der Waals surface area contributed by atoms with Crippen LogP contribution in [0.15, 0.2) is 146 Å². The zero-order valence-corrected chi connectivity index (χ0v) is 21.9. The van der Waals surface area contributed by atoms with Gasteiger partial charge in [-0.15, -0.1) is 0 Å². The molecule has 182 valence electrons. The van der Waals surface area contributed by atoms with Crippen LogP contribution in [0.2, 0.25) is 0 Å². The van der Waals surface area contributed by atoms with Gasteiger partial charge in [-0.1, -0.05) is 145 Å². The summed E-state index contributed by atoms with van der Waals surface area (Å²) < 4.78 is 0. The van der Waals surface area contributed by atoms with E-state index >= 15 is 0 Å². The van der Waals surface area contributed by atoms with Crippen molar-refractivity contribution in [2.75, 3.05) is 0 Å². The summed E-state index contributed by atoms with van der Waals surface area (Å²) in [4.78, 5) is 0. The highest BCUT2D eigenvalue weighted by Crippen LogP contribution is 2.40. The maximum absolute atomic E-state index is 2.36. The fourth-order valence-electron chi connectivity index (χ4n) is 5.13. The fourth-order valence-corrected chi connectivity index (χ4v) is 5.13. The van der Waals surface area contributed by atoms with Gasteiger partial charge in [0, 0.05) is 0 Å². The van der Waals surface area contributed by atoms with Gasteiger partial charge < -0.3 is 0 Å². The molecule has 0 N–H and O–H groups in total. The van der Waals surface area contributed by atoms with Crippen molar-refractivity contribution in [1.29, 1.82) is 0 Å². The molecule has 0 unspecified atom stereocenters. The Kier molecular flexibility index (Phi) is 6.46. The Labute approximate surface area is 225 Å². The van der Waals surface area contributed by atoms with Gasteiger partial charge in [-0.05, 0) is 81.6 Å². The Morgan fingerprint density at radius 1 is 0.263 bits per heavy atom. The van der Waals surface area contributed by atoms with Crippen molar-refractivity contribution in [3.63, 3.8) is 0 Å². The lowest BCUT2D eigenvalue weighted by molar-refractivity contribution is 1.46. The van der Waals surface area contributed by atoms with Crippen LogP contribution >= 0.6 is 0 Å². The topological polar surface area (TPSA) is 0 Å². The van der Waals surface area contributed by atoms with Crippen LogP contribution in [-0.2, 0) is 0 Å². The average Bonchev–Trinajstić information content (AvgIpc) is 2.98. The second-order valence-electron chi connectivity index (χ2n) is 9.98. The third kappa shape index (κ3) is 4.82. The number of benzene rings is 6. The Bertz CT molecular complexity index is 1670. The standard InChI is InChI=1S/C38H30/c1-27-13-17-29(18-14-27)33-21-23-36(37(25-33)30-9-5-3-6-10-30)34-22-24-35(32-19-15-28(2)16-20-32)38(26-34)31-11-7-4-8-12-31/h3-26H,1-2H3. The zero-order valence-electron chi connectivity index (χ0n) is 21.9. The van der Waals surface area contributed by atoms with Gasteiger partial charge in [0.25, 0.3) is 0 Å². The summed E-state index contributed by atoms with van der Waals surface area (Å²) in [5.41, 5.74) is 14.9. The van der Waals surface area contributed by atoms with Crippen molar-refractivity contribution < 1.29 is 0 Å². The van der Waals surface area contributed by atoms with Gasteiger partial charge >= 0.3 is 0 Å². The van der Waals surface area contributed by atoms with Crippen molar-refractivity contribution in [3.8, 4) is 55.6 Å². The summed E-state index contributed by atoms with van der Waals surface area (Å²) in [5.74, 6) is 0. The van der Waals surface area contributed by atoms with Gasteiger partial charge in [0.1, 0.15) is 0 Å². The van der Waals surface area contributed by atoms with E-state index in [9.17, 15) is 0 Å². The normalized spacial score (nSPS) is 10.9. The summed E-state index contributed by atoms with van der Waals surface area (Å²) in [5, 5.41) is 0. The molecule has 0 saturated heterocycles. The molecule has 0 saturated carbocycles. The molecule has 0 fully saturated rings. The molecule has 0 aliphatic carbocycles. The van der Waals surface area contributed by atoms with Crippen molar-refractivity contribution in [1.82, 2.24) is 0 Å². The number of hydrogen-bond acceptors (Lipinski definition) is 0. The lowest BCUT2D eigenvalue weighted by Gasteiger charge is -2.17. The molecule has 0 heterocycles. The van der Waals surface area contributed by atoms with E-state index in [1.807, 2.05) is 0 Å². The quantitative estimate of drug-likeness (QED) is 0.227. The highest BCUT2D eigenvalue weighted by molar-refractivity contribution is 5.92. The molecule has 0 aliphatic heterocycles. The lowest BCUT2D eigenvalue weighted by atomic mass is 9.87. The van der Waals surface area contributed by atoms with Crippen LogP contribution < -0.4 is 0 Å². The molecule has 38 heavy (non-hydrogen) atoms. The molecule has 0 amide bonds. The Balaban J connectivity index is 1.54. The van der Waals surface area contributed by atoms with Crippen molar-refractivity contribution in [2.24, 2.45) is 0 Å². The van der Waals surface area contributed by atoms with E-state index in [2.05, 4.69) is 159 Å². The maximum atomic E-state index is 2.36. The van der Waals surface area contributed by atoms with Gasteiger partial charge in [0.15, 0.2) is 0 Å². The van der Waals surface area contributed by atoms with Gasteiger partial charge in [0.2, 0.25) is 0 Å². The number of aryl methyl sites for hydroxylation is 2. The predicted octanol–water partition coefficient (Wildman–Crippen LogP) is 10.6. The van der Waals surface area contributed by atoms with E-state index in [0.29, 0.717) is 0 Å². The minimum atomic E-state index is 1.22. The molecule has 0 aromatic heterocycles. The van der Waals surface area contributed by atoms with Crippen LogP contribution in [0.5, 0.6) is 0 Å². The molecule has 0 atom stereocenters. The second-order valence-corrected chi connectivity index (χ2v) is 9.98. The average molecular weight is 487 g/mol. The molecule has 0 nitrogen and oxygen atoms in total. The first-order valence-corrected chi connectivity index (χ1v) is 13.2. The van der Waals surface area contributed by atoms with Crippen LogP contribution in [0.25, 0.3) is 55.6 Å². The lowest BCUT2D eigenvalue weighted by Crippen LogP contribution is -1.91. The summed E-state index contributed by atoms with van der Waals surface area (Å²) in [6.45, 7) is 4.27. The third-order valence-corrected chi connectivity index (χ3v) is 7.27. The highest BCUT2D eigenvalue weighted by Gasteiger charge is 2.14. The largest absolute Gasteiger partial charge is 0.0622 e. The van der Waals surface area contributed by atoms with Gasteiger partial charge in [-0.25, -0.2) is 0 Å². The van der Waals surface area contributed by atoms with E-state index in [1.54, 1.807) is 0 Å². The summed E-state index contributed by atoms with van der Waals surface area (Å²) >= 11 is 0. The van der Waals surface area contributed by atoms with Crippen LogP contribution in [0.1, 0.15) is 11.1 Å². The van der Waals surface area contributed by atoms with Crippen molar-refractivity contribution in [3.05, 3.63) is 157 Å². The molecule has 6 aromatic carbocycles. The summed E-state index contributed by atoms with van der Waals surface area (Å²) in [6, 6.07) is 52.9. The first-order valence-electron chi connectivity index (χ1n) is 13.2. The van der Waals surface area contributed by atoms with E-state index in [0.717, 1.165) is 0 Å². The number of rotatable bonds is 5. The molecular weight excluding hydrogens is 456 g/mol. The van der Waals surface area contributed by atoms with E-state index in [-0.39, 0.29) is 0 Å². The molecule has 0 heteroatoms. The fraction of sp³-hybridized carbons (Fsp3) is 0.0526. The predicted molar refractivity (Wildman–Crippen MR) is 163 cm³/mol. The van der Waals surface area contributed by atoms with E-state index < -0.39 is 0 Å². The third-order valence-electron chi connectivity index (χ3n) is 7.27. The minimum Gasteiger partial charge on any atom is -0.0622 e. The van der Waals surface area contributed by atoms with E-state index in [4.69, 9.17) is 0 Å². The second kappa shape index (κ2) is 10.4. The zero-order chi connectivity index (χ0) is 25.9. The molecular formula is C38H30. The molecule has 0 bridgehead atoms. The maximum Gasteiger partial charge on any atom is -0.00992 e. The monoisotopic (exact) mass is 486 g/mol. The van der Waals surface area contributed by atoms with Crippen molar-refractivity contribution in [2.45, 2.75) is 13.8 Å². The van der Waals surface area contributed by atoms with Crippen molar-refractivity contribution >= 4 is 0 Å². The molecule has 0 radical (unpaired) electrons. The van der Waals surface area contributed by atoms with Crippen LogP contribution in [0.4, 0.5) is 0 Å². The highest BCUT2D eigenvalue weighted by atomic mass is 14.2. The van der Waals surface area contributed by atoms with Gasteiger partial charge in [-0.2, -0.15) is 0 Å². The van der Waals surface area contributed by atoms with Crippen LogP contribution in [0.3, 0.4) is 0 Å². The van der Waals surface area contributed by atoms with Crippen LogP contribution in [-0.4, -0.2) is 0 Å². The van der Waals surface area contributed by atoms with Gasteiger partial charge in [0.05, 0.1) is 0 Å². The minimum absolute atomic E-state index is 1.22. The van der Waals surface area contributed by atoms with Crippen LogP contribution in [0, 0.1) is 13.8 Å². The SMILES string of the molecule is Cc1ccc(-c2ccc(-c3ccc(-c4ccc(C)cc4)c(-c4ccccc4)c3)c(-c3ccccc3)c2)cc1. The Morgan fingerprint density at radius 3 is 1.16 bits per heavy atom.